The lowest BCUT2D eigenvalue weighted by atomic mass is 10.1. The summed E-state index contributed by atoms with van der Waals surface area (Å²) in [7, 11) is 1.42. The van der Waals surface area contributed by atoms with Crippen LogP contribution < -0.4 is 10.6 Å². The van der Waals surface area contributed by atoms with Crippen LogP contribution in [0.5, 0.6) is 0 Å². The van der Waals surface area contributed by atoms with Crippen molar-refractivity contribution in [3.05, 3.63) is 35.4 Å². The topological polar surface area (TPSA) is 53.6 Å². The zero-order chi connectivity index (χ0) is 15.6. The molecule has 0 atom stereocenters. The van der Waals surface area contributed by atoms with Gasteiger partial charge in [0.25, 0.3) is 0 Å². The number of ether oxygens (including phenoxy) is 1. The maximum Gasteiger partial charge on any atom is 0.309 e. The lowest BCUT2D eigenvalue weighted by Crippen LogP contribution is -2.44. The van der Waals surface area contributed by atoms with Gasteiger partial charge in [-0.3, -0.25) is 4.79 Å². The molecule has 0 bridgehead atoms. The van der Waals surface area contributed by atoms with Crippen molar-refractivity contribution in [2.45, 2.75) is 19.4 Å². The summed E-state index contributed by atoms with van der Waals surface area (Å²) >= 11 is 0. The monoisotopic (exact) mass is 305 g/mol. The molecular weight excluding hydrogens is 278 g/mol. The van der Waals surface area contributed by atoms with E-state index in [1.165, 1.54) is 19.1 Å². The Hall–Kier alpha value is -1.43. The molecule has 0 radical (unpaired) electrons. The summed E-state index contributed by atoms with van der Waals surface area (Å²) in [6, 6.07) is 8.12. The number of hydrogen-bond acceptors (Lipinski definition) is 5. The number of carbonyl (C=O) groups is 1. The molecule has 2 N–H and O–H groups in total. The van der Waals surface area contributed by atoms with Gasteiger partial charge in [0.15, 0.2) is 0 Å². The van der Waals surface area contributed by atoms with Gasteiger partial charge in [-0.15, -0.1) is 0 Å². The molecular formula is C17H27N3O2. The van der Waals surface area contributed by atoms with Gasteiger partial charge >= 0.3 is 5.97 Å². The van der Waals surface area contributed by atoms with Crippen LogP contribution in [0.4, 0.5) is 0 Å². The molecule has 5 heteroatoms. The van der Waals surface area contributed by atoms with Crippen LogP contribution >= 0.6 is 0 Å². The van der Waals surface area contributed by atoms with Crippen LogP contribution in [0.15, 0.2) is 24.3 Å². The molecule has 5 nitrogen and oxygen atoms in total. The molecule has 1 aliphatic rings. The highest BCUT2D eigenvalue weighted by molar-refractivity contribution is 5.72. The van der Waals surface area contributed by atoms with E-state index in [4.69, 9.17) is 4.74 Å². The van der Waals surface area contributed by atoms with Crippen LogP contribution in [0.1, 0.15) is 17.5 Å². The predicted molar refractivity (Wildman–Crippen MR) is 87.8 cm³/mol. The fourth-order valence-corrected chi connectivity index (χ4v) is 2.68. The zero-order valence-electron chi connectivity index (χ0n) is 13.4. The van der Waals surface area contributed by atoms with Crippen molar-refractivity contribution in [2.24, 2.45) is 0 Å². The number of benzene rings is 1. The fourth-order valence-electron chi connectivity index (χ4n) is 2.68. The summed E-state index contributed by atoms with van der Waals surface area (Å²) in [4.78, 5) is 13.8. The van der Waals surface area contributed by atoms with Gasteiger partial charge in [0.05, 0.1) is 13.5 Å². The molecule has 0 unspecified atom stereocenters. The highest BCUT2D eigenvalue weighted by atomic mass is 16.5. The van der Waals surface area contributed by atoms with E-state index >= 15 is 0 Å². The summed E-state index contributed by atoms with van der Waals surface area (Å²) in [5.74, 6) is -0.193. The van der Waals surface area contributed by atoms with Crippen LogP contribution in [0.3, 0.4) is 0 Å². The fraction of sp³-hybridized carbons (Fsp3) is 0.588. The molecule has 1 aromatic carbocycles. The minimum absolute atomic E-state index is 0.193. The van der Waals surface area contributed by atoms with E-state index in [1.807, 2.05) is 12.1 Å². The van der Waals surface area contributed by atoms with Crippen LogP contribution in [0.25, 0.3) is 0 Å². The molecule has 1 aliphatic heterocycles. The average molecular weight is 305 g/mol. The third-order valence-electron chi connectivity index (χ3n) is 3.93. The van der Waals surface area contributed by atoms with Gasteiger partial charge in [0, 0.05) is 32.7 Å². The Morgan fingerprint density at radius 3 is 2.86 bits per heavy atom. The van der Waals surface area contributed by atoms with Crippen molar-refractivity contribution < 1.29 is 9.53 Å². The van der Waals surface area contributed by atoms with E-state index in [0.717, 1.165) is 51.4 Å². The number of methoxy groups -OCH3 is 1. The molecule has 122 valence electrons. The van der Waals surface area contributed by atoms with E-state index in [9.17, 15) is 4.79 Å². The van der Waals surface area contributed by atoms with Crippen molar-refractivity contribution >= 4 is 5.97 Å². The first kappa shape index (κ1) is 16.9. The Labute approximate surface area is 133 Å². The number of rotatable bonds is 8. The van der Waals surface area contributed by atoms with Gasteiger partial charge in [-0.25, -0.2) is 0 Å². The molecule has 22 heavy (non-hydrogen) atoms. The molecule has 1 heterocycles. The predicted octanol–water partition coefficient (Wildman–Crippen LogP) is 0.787. The third kappa shape index (κ3) is 6.13. The van der Waals surface area contributed by atoms with Crippen molar-refractivity contribution in [1.29, 1.82) is 0 Å². The highest BCUT2D eigenvalue weighted by Gasteiger charge is 2.08. The van der Waals surface area contributed by atoms with E-state index < -0.39 is 0 Å². The van der Waals surface area contributed by atoms with Crippen molar-refractivity contribution in [2.75, 3.05) is 46.4 Å². The van der Waals surface area contributed by atoms with Crippen LogP contribution in [0.2, 0.25) is 0 Å². The van der Waals surface area contributed by atoms with Crippen LogP contribution in [-0.2, 0) is 22.5 Å². The standard InChI is InChI=1S/C17H27N3O2/c1-22-17(21)13-15-4-2-5-16(12-15)14-19-6-3-9-20-10-7-18-8-11-20/h2,4-5,12,18-19H,3,6-11,13-14H2,1H3. The van der Waals surface area contributed by atoms with Crippen molar-refractivity contribution in [3.8, 4) is 0 Å². The largest absolute Gasteiger partial charge is 0.469 e. The van der Waals surface area contributed by atoms with Gasteiger partial charge in [0.1, 0.15) is 0 Å². The third-order valence-corrected chi connectivity index (χ3v) is 3.93. The molecule has 1 saturated heterocycles. The normalized spacial score (nSPS) is 15.7. The maximum atomic E-state index is 11.3. The lowest BCUT2D eigenvalue weighted by Gasteiger charge is -2.27. The molecule has 2 rings (SSSR count). The second-order valence-corrected chi connectivity index (χ2v) is 5.69. The Bertz CT molecular complexity index is 459. The molecule has 0 saturated carbocycles. The summed E-state index contributed by atoms with van der Waals surface area (Å²) < 4.78 is 4.70. The van der Waals surface area contributed by atoms with Gasteiger partial charge in [-0.05, 0) is 30.6 Å². The molecule has 1 fully saturated rings. The molecule has 0 spiro atoms. The number of esters is 1. The second kappa shape index (κ2) is 9.56. The number of nitrogens with one attached hydrogen (secondary N) is 2. The quantitative estimate of drug-likeness (QED) is 0.549. The number of nitrogens with zero attached hydrogens (tertiary/aromatic N) is 1. The second-order valence-electron chi connectivity index (χ2n) is 5.69. The summed E-state index contributed by atoms with van der Waals surface area (Å²) in [6.45, 7) is 7.57. The van der Waals surface area contributed by atoms with E-state index in [1.54, 1.807) is 0 Å². The van der Waals surface area contributed by atoms with Crippen LogP contribution in [-0.4, -0.2) is 57.2 Å². The molecule has 0 aliphatic carbocycles. The minimum Gasteiger partial charge on any atom is -0.469 e. The molecule has 0 amide bonds. The van der Waals surface area contributed by atoms with Gasteiger partial charge in [0.2, 0.25) is 0 Å². The number of carbonyl (C=O) groups excluding carboxylic acids is 1. The van der Waals surface area contributed by atoms with E-state index in [-0.39, 0.29) is 5.97 Å². The lowest BCUT2D eigenvalue weighted by molar-refractivity contribution is -0.139. The van der Waals surface area contributed by atoms with Crippen molar-refractivity contribution in [1.82, 2.24) is 15.5 Å². The zero-order valence-corrected chi connectivity index (χ0v) is 13.4. The van der Waals surface area contributed by atoms with Gasteiger partial charge in [-0.1, -0.05) is 24.3 Å². The van der Waals surface area contributed by atoms with E-state index in [0.29, 0.717) is 6.42 Å². The first-order chi connectivity index (χ1) is 10.8. The highest BCUT2D eigenvalue weighted by Crippen LogP contribution is 2.06. The maximum absolute atomic E-state index is 11.3. The minimum atomic E-state index is -0.193. The summed E-state index contributed by atoms with van der Waals surface area (Å²) in [5.41, 5.74) is 2.22. The SMILES string of the molecule is COC(=O)Cc1cccc(CNCCCN2CCNCC2)c1. The number of piperazine rings is 1. The Morgan fingerprint density at radius 1 is 1.32 bits per heavy atom. The first-order valence-corrected chi connectivity index (χ1v) is 8.06. The average Bonchev–Trinajstić information content (AvgIpc) is 2.56. The Balaban J connectivity index is 1.63. The van der Waals surface area contributed by atoms with Gasteiger partial charge in [-0.2, -0.15) is 0 Å². The Morgan fingerprint density at radius 2 is 2.09 bits per heavy atom. The Kier molecular flexibility index (Phi) is 7.36. The van der Waals surface area contributed by atoms with E-state index in [2.05, 4.69) is 27.7 Å². The van der Waals surface area contributed by atoms with Crippen LogP contribution in [0, 0.1) is 0 Å². The first-order valence-electron chi connectivity index (χ1n) is 8.06. The molecule has 1 aromatic rings. The molecule has 0 aromatic heterocycles. The van der Waals surface area contributed by atoms with Crippen molar-refractivity contribution in [3.63, 3.8) is 0 Å². The summed E-state index contributed by atoms with van der Waals surface area (Å²) in [6.07, 6.45) is 1.51. The number of hydrogen-bond donors (Lipinski definition) is 2. The van der Waals surface area contributed by atoms with Gasteiger partial charge < -0.3 is 20.3 Å². The smallest absolute Gasteiger partial charge is 0.309 e. The summed E-state index contributed by atoms with van der Waals surface area (Å²) in [5, 5.41) is 6.85.